The average Bonchev–Trinajstić information content (AvgIpc) is 3.31. The Bertz CT molecular complexity index is 928. The number of hydrogen-bond acceptors (Lipinski definition) is 5. The van der Waals surface area contributed by atoms with Gasteiger partial charge in [0.25, 0.3) is 0 Å². The van der Waals surface area contributed by atoms with E-state index in [2.05, 4.69) is 19.2 Å². The lowest BCUT2D eigenvalue weighted by Gasteiger charge is -2.22. The van der Waals surface area contributed by atoms with Crippen LogP contribution in [0.2, 0.25) is 0 Å². The number of carbonyl (C=O) groups excluding carboxylic acids is 2. The zero-order valence-corrected chi connectivity index (χ0v) is 44.3. The topological polar surface area (TPSA) is 95.9 Å². The van der Waals surface area contributed by atoms with Gasteiger partial charge in [-0.3, -0.25) is 9.59 Å². The maximum Gasteiger partial charge on any atom is 0.305 e. The fourth-order valence-electron chi connectivity index (χ4n) is 9.58. The molecule has 6 heteroatoms. The van der Waals surface area contributed by atoms with Crippen molar-refractivity contribution in [2.24, 2.45) is 0 Å². The van der Waals surface area contributed by atoms with Gasteiger partial charge < -0.3 is 20.3 Å². The molecule has 6 nitrogen and oxygen atoms in total. The van der Waals surface area contributed by atoms with E-state index in [1.165, 1.54) is 270 Å². The maximum atomic E-state index is 12.5. The molecular formula is C59H117NO5. The molecular weight excluding hydrogens is 803 g/mol. The molecule has 0 aromatic carbocycles. The lowest BCUT2D eigenvalue weighted by Crippen LogP contribution is -2.45. The summed E-state index contributed by atoms with van der Waals surface area (Å²) in [5.74, 6) is -0.0204. The van der Waals surface area contributed by atoms with E-state index in [9.17, 15) is 19.8 Å². The molecule has 0 saturated carbocycles. The van der Waals surface area contributed by atoms with Gasteiger partial charge >= 0.3 is 5.97 Å². The quantitative estimate of drug-likeness (QED) is 0.0417. The van der Waals surface area contributed by atoms with Crippen molar-refractivity contribution in [3.63, 3.8) is 0 Å². The third-order valence-corrected chi connectivity index (χ3v) is 14.2. The summed E-state index contributed by atoms with van der Waals surface area (Å²) < 4.78 is 5.49. The standard InChI is InChI=1S/C59H117NO5/c1-3-5-7-9-11-13-15-17-24-29-33-37-41-45-49-53-59(64)65-54-50-46-42-38-34-30-26-23-21-19-18-20-22-25-28-32-36-40-44-48-52-58(63)60-56(55-61)57(62)51-47-43-39-35-31-27-16-14-12-10-8-6-4-2/h56-57,61-62H,3-55H2,1-2H3,(H,60,63). The molecule has 65 heavy (non-hydrogen) atoms. The van der Waals surface area contributed by atoms with Gasteiger partial charge in [0.1, 0.15) is 0 Å². The molecule has 2 unspecified atom stereocenters. The lowest BCUT2D eigenvalue weighted by molar-refractivity contribution is -0.143. The number of aliphatic hydroxyl groups is 2. The second-order valence-corrected chi connectivity index (χ2v) is 20.7. The summed E-state index contributed by atoms with van der Waals surface area (Å²) in [6, 6.07) is -0.541. The van der Waals surface area contributed by atoms with Gasteiger partial charge in [-0.1, -0.05) is 303 Å². The molecule has 0 saturated heterocycles. The van der Waals surface area contributed by atoms with Crippen LogP contribution in [0, 0.1) is 0 Å². The van der Waals surface area contributed by atoms with Crippen LogP contribution in [0.15, 0.2) is 0 Å². The Morgan fingerprint density at radius 2 is 0.631 bits per heavy atom. The van der Waals surface area contributed by atoms with Crippen LogP contribution in [-0.2, 0) is 14.3 Å². The fraction of sp³-hybridized carbons (Fsp3) is 0.966. The minimum Gasteiger partial charge on any atom is -0.466 e. The molecule has 0 heterocycles. The van der Waals surface area contributed by atoms with Gasteiger partial charge in [0.05, 0.1) is 25.4 Å². The predicted octanol–water partition coefficient (Wildman–Crippen LogP) is 18.3. The zero-order valence-electron chi connectivity index (χ0n) is 44.3. The number of nitrogens with one attached hydrogen (secondary N) is 1. The van der Waals surface area contributed by atoms with Crippen molar-refractivity contribution in [2.45, 2.75) is 353 Å². The fourth-order valence-corrected chi connectivity index (χ4v) is 9.58. The van der Waals surface area contributed by atoms with E-state index in [1.807, 2.05) is 0 Å². The van der Waals surface area contributed by atoms with E-state index in [0.29, 0.717) is 25.9 Å². The molecule has 0 radical (unpaired) electrons. The second kappa shape index (κ2) is 55.5. The minimum absolute atomic E-state index is 0.0144. The molecule has 0 aliphatic rings. The summed E-state index contributed by atoms with van der Waals surface area (Å²) in [4.78, 5) is 24.5. The normalized spacial score (nSPS) is 12.5. The first-order chi connectivity index (χ1) is 32.0. The molecule has 0 aliphatic carbocycles. The summed E-state index contributed by atoms with van der Waals surface area (Å²) in [6.45, 7) is 4.97. The van der Waals surface area contributed by atoms with Crippen molar-refractivity contribution >= 4 is 11.9 Å². The number of carbonyl (C=O) groups is 2. The maximum absolute atomic E-state index is 12.5. The summed E-state index contributed by atoms with van der Waals surface area (Å²) >= 11 is 0. The molecule has 0 spiro atoms. The van der Waals surface area contributed by atoms with Gasteiger partial charge in [0.15, 0.2) is 0 Å². The number of hydrogen-bond donors (Lipinski definition) is 3. The first kappa shape index (κ1) is 63.9. The third kappa shape index (κ3) is 52.1. The van der Waals surface area contributed by atoms with Gasteiger partial charge in [-0.15, -0.1) is 0 Å². The smallest absolute Gasteiger partial charge is 0.305 e. The number of esters is 1. The molecule has 0 aromatic heterocycles. The molecule has 0 bridgehead atoms. The van der Waals surface area contributed by atoms with Crippen LogP contribution < -0.4 is 5.32 Å². The first-order valence-electron chi connectivity index (χ1n) is 29.8. The Balaban J connectivity index is 3.36. The third-order valence-electron chi connectivity index (χ3n) is 14.2. The van der Waals surface area contributed by atoms with Crippen LogP contribution >= 0.6 is 0 Å². The van der Waals surface area contributed by atoms with Crippen LogP contribution in [-0.4, -0.2) is 47.4 Å². The van der Waals surface area contributed by atoms with E-state index in [4.69, 9.17) is 4.74 Å². The van der Waals surface area contributed by atoms with Crippen molar-refractivity contribution in [3.05, 3.63) is 0 Å². The molecule has 0 rings (SSSR count). The Morgan fingerprint density at radius 1 is 0.369 bits per heavy atom. The molecule has 0 aromatic rings. The predicted molar refractivity (Wildman–Crippen MR) is 283 cm³/mol. The minimum atomic E-state index is -0.663. The van der Waals surface area contributed by atoms with Gasteiger partial charge in [0.2, 0.25) is 5.91 Å². The van der Waals surface area contributed by atoms with Gasteiger partial charge in [-0.25, -0.2) is 0 Å². The van der Waals surface area contributed by atoms with Crippen LogP contribution in [0.5, 0.6) is 0 Å². The molecule has 3 N–H and O–H groups in total. The molecule has 388 valence electrons. The molecule has 2 atom stereocenters. The number of aliphatic hydroxyl groups excluding tert-OH is 2. The van der Waals surface area contributed by atoms with Crippen LogP contribution in [0.1, 0.15) is 341 Å². The summed E-state index contributed by atoms with van der Waals surface area (Å²) in [7, 11) is 0. The summed E-state index contributed by atoms with van der Waals surface area (Å²) in [6.07, 6.45) is 63.8. The Labute approximate surface area is 406 Å². The van der Waals surface area contributed by atoms with Crippen LogP contribution in [0.4, 0.5) is 0 Å². The first-order valence-corrected chi connectivity index (χ1v) is 29.8. The highest BCUT2D eigenvalue weighted by molar-refractivity contribution is 5.76. The highest BCUT2D eigenvalue weighted by atomic mass is 16.5. The van der Waals surface area contributed by atoms with E-state index >= 15 is 0 Å². The highest BCUT2D eigenvalue weighted by Gasteiger charge is 2.20. The second-order valence-electron chi connectivity index (χ2n) is 20.7. The largest absolute Gasteiger partial charge is 0.466 e. The average molecular weight is 921 g/mol. The molecule has 0 aliphatic heterocycles. The van der Waals surface area contributed by atoms with Crippen molar-refractivity contribution in [2.75, 3.05) is 13.2 Å². The SMILES string of the molecule is CCCCCCCCCCCCCCCCCC(=O)OCCCCCCCCCCCCCCCCCCCCCCC(=O)NC(CO)C(O)CCCCCCCCCCCCCCC. The van der Waals surface area contributed by atoms with Crippen molar-refractivity contribution in [1.82, 2.24) is 5.32 Å². The van der Waals surface area contributed by atoms with E-state index in [1.54, 1.807) is 0 Å². The van der Waals surface area contributed by atoms with E-state index in [0.717, 1.165) is 38.5 Å². The number of unbranched alkanes of at least 4 members (excludes halogenated alkanes) is 45. The van der Waals surface area contributed by atoms with Crippen LogP contribution in [0.3, 0.4) is 0 Å². The number of amides is 1. The van der Waals surface area contributed by atoms with E-state index < -0.39 is 12.1 Å². The molecule has 1 amide bonds. The van der Waals surface area contributed by atoms with Crippen molar-refractivity contribution < 1.29 is 24.5 Å². The number of ether oxygens (including phenoxy) is 1. The zero-order chi connectivity index (χ0) is 47.2. The van der Waals surface area contributed by atoms with Crippen molar-refractivity contribution in [1.29, 1.82) is 0 Å². The van der Waals surface area contributed by atoms with Crippen molar-refractivity contribution in [3.8, 4) is 0 Å². The summed E-state index contributed by atoms with van der Waals surface area (Å²) in [5.41, 5.74) is 0. The number of rotatable bonds is 56. The lowest BCUT2D eigenvalue weighted by atomic mass is 10.0. The Hall–Kier alpha value is -1.14. The highest BCUT2D eigenvalue weighted by Crippen LogP contribution is 2.18. The van der Waals surface area contributed by atoms with Crippen LogP contribution in [0.25, 0.3) is 0 Å². The van der Waals surface area contributed by atoms with Gasteiger partial charge in [-0.2, -0.15) is 0 Å². The van der Waals surface area contributed by atoms with Gasteiger partial charge in [-0.05, 0) is 25.7 Å². The Kier molecular flexibility index (Phi) is 54.5. The Morgan fingerprint density at radius 3 is 0.938 bits per heavy atom. The van der Waals surface area contributed by atoms with Gasteiger partial charge in [0, 0.05) is 12.8 Å². The molecule has 0 fully saturated rings. The monoisotopic (exact) mass is 920 g/mol. The summed E-state index contributed by atoms with van der Waals surface area (Å²) in [5, 5.41) is 23.2. The van der Waals surface area contributed by atoms with E-state index in [-0.39, 0.29) is 18.5 Å².